The number of hydrazine groups is 2. The molecule has 2 N–H and O–H groups in total. The van der Waals surface area contributed by atoms with Crippen molar-refractivity contribution in [1.29, 1.82) is 0 Å². The number of pyridine rings is 1. The van der Waals surface area contributed by atoms with E-state index < -0.39 is 0 Å². The van der Waals surface area contributed by atoms with E-state index in [0.29, 0.717) is 5.56 Å². The molecule has 1 fully saturated rings. The molecule has 8 nitrogen and oxygen atoms in total. The van der Waals surface area contributed by atoms with Crippen LogP contribution in [0.15, 0.2) is 79.1 Å². The van der Waals surface area contributed by atoms with Crippen molar-refractivity contribution in [1.82, 2.24) is 30.6 Å². The lowest BCUT2D eigenvalue weighted by Crippen LogP contribution is -2.59. The zero-order valence-electron chi connectivity index (χ0n) is 21.2. The Labute approximate surface area is 236 Å². The van der Waals surface area contributed by atoms with Crippen LogP contribution in [-0.2, 0) is 0 Å². The number of aromatic nitrogens is 3. The number of hydrogen-bond donors (Lipinski definition) is 2. The highest BCUT2D eigenvalue weighted by atomic mass is 127. The number of H-pyrrole nitrogens is 1. The van der Waals surface area contributed by atoms with Crippen LogP contribution in [0.2, 0.25) is 0 Å². The second kappa shape index (κ2) is 10.8. The molecule has 0 saturated carbocycles. The molecule has 4 aromatic rings. The van der Waals surface area contributed by atoms with Crippen molar-refractivity contribution < 1.29 is 4.79 Å². The highest BCUT2D eigenvalue weighted by Gasteiger charge is 2.45. The van der Waals surface area contributed by atoms with Crippen molar-refractivity contribution >= 4 is 34.2 Å². The molecule has 4 heterocycles. The molecule has 2 aromatic carbocycles. The number of halogens is 1. The number of carbonyl (C=O) groups excluding carboxylic acids is 1. The average molecular weight is 620 g/mol. The quantitative estimate of drug-likeness (QED) is 0.168. The molecule has 0 radical (unpaired) electrons. The van der Waals surface area contributed by atoms with E-state index >= 15 is 0 Å². The monoisotopic (exact) mass is 619 g/mol. The van der Waals surface area contributed by atoms with Gasteiger partial charge in [-0.1, -0.05) is 89.2 Å². The van der Waals surface area contributed by atoms with Gasteiger partial charge in [-0.25, -0.2) is 5.01 Å². The maximum absolute atomic E-state index is 13.5. The summed E-state index contributed by atoms with van der Waals surface area (Å²) in [5.74, 6) is -0.170. The highest BCUT2D eigenvalue weighted by Crippen LogP contribution is 2.50. The maximum Gasteiger partial charge on any atom is 0.265 e. The third-order valence-electron chi connectivity index (χ3n) is 7.17. The minimum absolute atomic E-state index is 0.170. The van der Waals surface area contributed by atoms with Gasteiger partial charge in [0.2, 0.25) is 0 Å². The first-order valence-corrected chi connectivity index (χ1v) is 14.2. The van der Waals surface area contributed by atoms with Crippen LogP contribution in [-0.4, -0.2) is 44.2 Å². The van der Waals surface area contributed by atoms with Gasteiger partial charge in [0.15, 0.2) is 0 Å². The van der Waals surface area contributed by atoms with Gasteiger partial charge in [0, 0.05) is 36.6 Å². The van der Waals surface area contributed by atoms with Gasteiger partial charge < -0.3 is 0 Å². The summed E-state index contributed by atoms with van der Waals surface area (Å²) in [6, 6.07) is 22.4. The molecule has 0 aliphatic carbocycles. The predicted octanol–water partition coefficient (Wildman–Crippen LogP) is 5.78. The summed E-state index contributed by atoms with van der Waals surface area (Å²) in [5, 5.41) is 15.0. The first kappa shape index (κ1) is 25.0. The molecule has 0 spiro atoms. The van der Waals surface area contributed by atoms with Gasteiger partial charge in [0.05, 0.1) is 5.69 Å². The number of benzene rings is 2. The van der Waals surface area contributed by atoms with Gasteiger partial charge in [0.1, 0.15) is 21.6 Å². The third kappa shape index (κ3) is 4.70. The van der Waals surface area contributed by atoms with E-state index in [2.05, 4.69) is 96.4 Å². The molecule has 1 amide bonds. The number of aromatic amines is 1. The lowest BCUT2D eigenvalue weighted by atomic mass is 10.0. The number of fused-ring (bicyclic) bond motifs is 1. The lowest BCUT2D eigenvalue weighted by molar-refractivity contribution is 0.0379. The van der Waals surface area contributed by atoms with Crippen LogP contribution in [0.1, 0.15) is 56.7 Å². The van der Waals surface area contributed by atoms with Crippen molar-refractivity contribution in [3.63, 3.8) is 0 Å². The molecule has 38 heavy (non-hydrogen) atoms. The molecule has 0 bridgehead atoms. The van der Waals surface area contributed by atoms with Gasteiger partial charge >= 0.3 is 0 Å². The fourth-order valence-electron chi connectivity index (χ4n) is 5.37. The largest absolute Gasteiger partial charge is 0.281 e. The Kier molecular flexibility index (Phi) is 7.14. The Bertz CT molecular complexity index is 1400. The summed E-state index contributed by atoms with van der Waals surface area (Å²) < 4.78 is -0.190. The molecule has 194 valence electrons. The van der Waals surface area contributed by atoms with Crippen LogP contribution in [0.25, 0.3) is 11.3 Å². The van der Waals surface area contributed by atoms with E-state index in [-0.39, 0.29) is 16.1 Å². The number of rotatable bonds is 5. The Morgan fingerprint density at radius 2 is 1.76 bits per heavy atom. The van der Waals surface area contributed by atoms with E-state index in [1.165, 1.54) is 12.0 Å². The Balaban J connectivity index is 1.53. The summed E-state index contributed by atoms with van der Waals surface area (Å²) >= 11 is 2.41. The normalized spacial score (nSPS) is 20.2. The second-order valence-corrected chi connectivity index (χ2v) is 10.9. The molecule has 2 aliphatic heterocycles. The molecule has 6 rings (SSSR count). The van der Waals surface area contributed by atoms with Gasteiger partial charge in [-0.05, 0) is 37.5 Å². The zero-order valence-corrected chi connectivity index (χ0v) is 23.4. The number of anilines is 1. The Morgan fingerprint density at radius 1 is 1.00 bits per heavy atom. The lowest BCUT2D eigenvalue weighted by Gasteiger charge is -2.51. The predicted molar refractivity (Wildman–Crippen MR) is 156 cm³/mol. The van der Waals surface area contributed by atoms with Gasteiger partial charge in [-0.15, -0.1) is 0 Å². The standard InChI is InChI=1S/C29H30IN7O/c1-20-9-8-12-23(19-20)29-36(34-28(38)22-13-15-31-16-14-22)27(30)25-26(37(29)35-17-6-3-7-18-35)24(32-33-25)21-10-4-2-5-11-21/h2,4-5,8-16,19,27,29H,3,6-7,17-18H2,1H3,(H,32,33)(H,34,38). The molecular formula is C29H30IN7O. The SMILES string of the molecule is Cc1cccc(C2N(NC(=O)c3ccncc3)C(I)c3[nH]nc(-c4ccccc4)c3N2N2CCCCC2)c1. The first-order chi connectivity index (χ1) is 18.6. The summed E-state index contributed by atoms with van der Waals surface area (Å²) in [7, 11) is 0. The number of amides is 1. The summed E-state index contributed by atoms with van der Waals surface area (Å²) in [4.78, 5) is 17.6. The number of nitrogens with one attached hydrogen (secondary N) is 2. The van der Waals surface area contributed by atoms with Crippen LogP contribution in [0, 0.1) is 6.92 Å². The van der Waals surface area contributed by atoms with Crippen molar-refractivity contribution in [3.8, 4) is 11.3 Å². The minimum Gasteiger partial charge on any atom is -0.281 e. The number of piperidine rings is 1. The Hall–Kier alpha value is -3.28. The molecule has 9 heteroatoms. The first-order valence-electron chi connectivity index (χ1n) is 13.0. The van der Waals surface area contributed by atoms with Crippen LogP contribution in [0.5, 0.6) is 0 Å². The number of alkyl halides is 1. The Morgan fingerprint density at radius 3 is 2.50 bits per heavy atom. The van der Waals surface area contributed by atoms with E-state index in [0.717, 1.165) is 54.1 Å². The number of hydrogen-bond acceptors (Lipinski definition) is 6. The fourth-order valence-corrected chi connectivity index (χ4v) is 6.25. The fraction of sp³-hybridized carbons (Fsp3) is 0.276. The van der Waals surface area contributed by atoms with E-state index in [4.69, 9.17) is 5.10 Å². The zero-order chi connectivity index (χ0) is 26.1. The molecule has 2 unspecified atom stereocenters. The summed E-state index contributed by atoms with van der Waals surface area (Å²) in [6.07, 6.45) is 6.49. The van der Waals surface area contributed by atoms with Crippen molar-refractivity contribution in [2.24, 2.45) is 0 Å². The average Bonchev–Trinajstić information content (AvgIpc) is 3.41. The van der Waals surface area contributed by atoms with Crippen molar-refractivity contribution in [2.45, 2.75) is 36.4 Å². The molecule has 1 saturated heterocycles. The molecular weight excluding hydrogens is 589 g/mol. The van der Waals surface area contributed by atoms with Crippen molar-refractivity contribution in [3.05, 3.63) is 102 Å². The topological polar surface area (TPSA) is 80.4 Å². The summed E-state index contributed by atoms with van der Waals surface area (Å²) in [5.41, 5.74) is 10.1. The van der Waals surface area contributed by atoms with Gasteiger partial charge in [-0.3, -0.25) is 25.3 Å². The smallest absolute Gasteiger partial charge is 0.265 e. The number of nitrogens with zero attached hydrogens (tertiary/aromatic N) is 5. The molecule has 2 aliphatic rings. The van der Waals surface area contributed by atoms with Crippen LogP contribution in [0.3, 0.4) is 0 Å². The van der Waals surface area contributed by atoms with Gasteiger partial charge in [0.25, 0.3) is 5.91 Å². The third-order valence-corrected chi connectivity index (χ3v) is 8.40. The summed E-state index contributed by atoms with van der Waals surface area (Å²) in [6.45, 7) is 4.00. The van der Waals surface area contributed by atoms with Crippen molar-refractivity contribution in [2.75, 3.05) is 18.1 Å². The second-order valence-electron chi connectivity index (χ2n) is 9.77. The minimum atomic E-state index is -0.270. The molecule has 2 atom stereocenters. The van der Waals surface area contributed by atoms with E-state index in [1.54, 1.807) is 24.5 Å². The van der Waals surface area contributed by atoms with E-state index in [1.807, 2.05) is 18.2 Å². The molecule has 2 aromatic heterocycles. The maximum atomic E-state index is 13.5. The van der Waals surface area contributed by atoms with Gasteiger partial charge in [-0.2, -0.15) is 10.1 Å². The highest BCUT2D eigenvalue weighted by molar-refractivity contribution is 14.1. The van der Waals surface area contributed by atoms with Crippen LogP contribution < -0.4 is 10.4 Å². The number of carbonyl (C=O) groups is 1. The van der Waals surface area contributed by atoms with Crippen LogP contribution >= 0.6 is 22.6 Å². The van der Waals surface area contributed by atoms with Crippen LogP contribution in [0.4, 0.5) is 5.69 Å². The number of aryl methyl sites for hydroxylation is 1. The van der Waals surface area contributed by atoms with E-state index in [9.17, 15) is 4.79 Å².